The zero-order valence-electron chi connectivity index (χ0n) is 9.79. The van der Waals surface area contributed by atoms with E-state index in [4.69, 9.17) is 0 Å². The fourth-order valence-electron chi connectivity index (χ4n) is 2.77. The van der Waals surface area contributed by atoms with Gasteiger partial charge in [-0.25, -0.2) is 4.79 Å². The van der Waals surface area contributed by atoms with Gasteiger partial charge in [0.15, 0.2) is 0 Å². The number of amides is 2. The van der Waals surface area contributed by atoms with Crippen LogP contribution in [0.3, 0.4) is 0 Å². The van der Waals surface area contributed by atoms with E-state index in [9.17, 15) is 4.79 Å². The molecular formula is C11H21N3O. The molecule has 2 aliphatic heterocycles. The molecule has 0 bridgehead atoms. The lowest BCUT2D eigenvalue weighted by Gasteiger charge is -2.25. The first-order valence-corrected chi connectivity index (χ1v) is 5.87. The third-order valence-corrected chi connectivity index (χ3v) is 3.61. The summed E-state index contributed by atoms with van der Waals surface area (Å²) in [5, 5.41) is 6.37. The molecule has 2 N–H and O–H groups in total. The van der Waals surface area contributed by atoms with Crippen LogP contribution >= 0.6 is 0 Å². The summed E-state index contributed by atoms with van der Waals surface area (Å²) in [6.07, 6.45) is 0. The van der Waals surface area contributed by atoms with E-state index >= 15 is 0 Å². The molecule has 3 atom stereocenters. The maximum absolute atomic E-state index is 11.9. The molecular weight excluding hydrogens is 190 g/mol. The predicted octanol–water partition coefficient (Wildman–Crippen LogP) is 0.644. The Morgan fingerprint density at radius 1 is 1.47 bits per heavy atom. The third-order valence-electron chi connectivity index (χ3n) is 3.61. The Morgan fingerprint density at radius 3 is 2.80 bits per heavy atom. The zero-order chi connectivity index (χ0) is 11.0. The highest BCUT2D eigenvalue weighted by Gasteiger charge is 2.43. The van der Waals surface area contributed by atoms with Crippen LogP contribution in [0.5, 0.6) is 0 Å². The van der Waals surface area contributed by atoms with Gasteiger partial charge in [-0.2, -0.15) is 0 Å². The van der Waals surface area contributed by atoms with Crippen LogP contribution < -0.4 is 10.6 Å². The van der Waals surface area contributed by atoms with Crippen molar-refractivity contribution in [2.45, 2.75) is 32.9 Å². The van der Waals surface area contributed by atoms with Gasteiger partial charge in [-0.05, 0) is 32.6 Å². The Balaban J connectivity index is 1.97. The molecule has 4 heteroatoms. The number of carbonyl (C=O) groups is 1. The second kappa shape index (κ2) is 4.00. The van der Waals surface area contributed by atoms with Gasteiger partial charge < -0.3 is 15.5 Å². The highest BCUT2D eigenvalue weighted by molar-refractivity contribution is 5.75. The van der Waals surface area contributed by atoms with Crippen molar-refractivity contribution < 1.29 is 4.79 Å². The molecule has 15 heavy (non-hydrogen) atoms. The van der Waals surface area contributed by atoms with Gasteiger partial charge in [0, 0.05) is 31.7 Å². The van der Waals surface area contributed by atoms with Gasteiger partial charge in [0.25, 0.3) is 0 Å². The molecule has 0 radical (unpaired) electrons. The number of likely N-dealkylation sites (tertiary alicyclic amines) is 1. The average Bonchev–Trinajstić information content (AvgIpc) is 2.67. The van der Waals surface area contributed by atoms with E-state index in [1.165, 1.54) is 0 Å². The van der Waals surface area contributed by atoms with E-state index < -0.39 is 0 Å². The molecule has 2 heterocycles. The summed E-state index contributed by atoms with van der Waals surface area (Å²) in [5.41, 5.74) is 0. The van der Waals surface area contributed by atoms with E-state index in [0.29, 0.717) is 17.9 Å². The Bertz CT molecular complexity index is 254. The number of carbonyl (C=O) groups excluding carboxylic acids is 1. The van der Waals surface area contributed by atoms with Crippen molar-refractivity contribution >= 4 is 6.03 Å². The molecule has 4 nitrogen and oxygen atoms in total. The fraction of sp³-hybridized carbons (Fsp3) is 0.909. The van der Waals surface area contributed by atoms with Gasteiger partial charge in [-0.3, -0.25) is 0 Å². The van der Waals surface area contributed by atoms with Gasteiger partial charge in [0.1, 0.15) is 0 Å². The minimum Gasteiger partial charge on any atom is -0.336 e. The SMILES string of the molecule is CC(C)NC(=O)N1CC2CNCC2C1C. The summed E-state index contributed by atoms with van der Waals surface area (Å²) < 4.78 is 0. The molecule has 0 spiro atoms. The fourth-order valence-corrected chi connectivity index (χ4v) is 2.77. The maximum atomic E-state index is 11.9. The van der Waals surface area contributed by atoms with Crippen LogP contribution in [0, 0.1) is 11.8 Å². The number of hydrogen-bond donors (Lipinski definition) is 2. The van der Waals surface area contributed by atoms with Crippen LogP contribution in [0.15, 0.2) is 0 Å². The zero-order valence-corrected chi connectivity index (χ0v) is 9.79. The van der Waals surface area contributed by atoms with E-state index in [1.807, 2.05) is 18.7 Å². The normalized spacial score (nSPS) is 34.7. The highest BCUT2D eigenvalue weighted by Crippen LogP contribution is 2.32. The van der Waals surface area contributed by atoms with Crippen LogP contribution in [-0.4, -0.2) is 42.6 Å². The molecule has 0 aromatic carbocycles. The van der Waals surface area contributed by atoms with Crippen LogP contribution in [0.1, 0.15) is 20.8 Å². The largest absolute Gasteiger partial charge is 0.336 e. The first kappa shape index (κ1) is 10.7. The van der Waals surface area contributed by atoms with Crippen LogP contribution in [0.2, 0.25) is 0 Å². The molecule has 2 amide bonds. The Kier molecular flexibility index (Phi) is 2.87. The van der Waals surface area contributed by atoms with Crippen molar-refractivity contribution in [3.8, 4) is 0 Å². The van der Waals surface area contributed by atoms with Crippen LogP contribution in [0.4, 0.5) is 4.79 Å². The quantitative estimate of drug-likeness (QED) is 0.668. The summed E-state index contributed by atoms with van der Waals surface area (Å²) in [6, 6.07) is 0.707. The molecule has 2 aliphatic rings. The monoisotopic (exact) mass is 211 g/mol. The van der Waals surface area contributed by atoms with Crippen molar-refractivity contribution in [2.24, 2.45) is 11.8 Å². The summed E-state index contributed by atoms with van der Waals surface area (Å²) in [5.74, 6) is 1.32. The average molecular weight is 211 g/mol. The molecule has 0 saturated carbocycles. The minimum atomic E-state index is 0.104. The molecule has 0 aromatic rings. The molecule has 2 fully saturated rings. The second-order valence-corrected chi connectivity index (χ2v) is 5.08. The van der Waals surface area contributed by atoms with Gasteiger partial charge in [0.2, 0.25) is 0 Å². The predicted molar refractivity (Wildman–Crippen MR) is 59.7 cm³/mol. The summed E-state index contributed by atoms with van der Waals surface area (Å²) >= 11 is 0. The lowest BCUT2D eigenvalue weighted by Crippen LogP contribution is -2.46. The number of urea groups is 1. The maximum Gasteiger partial charge on any atom is 0.317 e. The van der Waals surface area contributed by atoms with E-state index in [1.54, 1.807) is 0 Å². The summed E-state index contributed by atoms with van der Waals surface area (Å²) in [4.78, 5) is 13.9. The number of fused-ring (bicyclic) bond motifs is 1. The molecule has 2 rings (SSSR count). The molecule has 0 aromatic heterocycles. The van der Waals surface area contributed by atoms with Gasteiger partial charge in [0.05, 0.1) is 0 Å². The van der Waals surface area contributed by atoms with Gasteiger partial charge in [-0.15, -0.1) is 0 Å². The summed E-state index contributed by atoms with van der Waals surface area (Å²) in [6.45, 7) is 9.22. The number of hydrogen-bond acceptors (Lipinski definition) is 2. The van der Waals surface area contributed by atoms with Crippen molar-refractivity contribution in [2.75, 3.05) is 19.6 Å². The summed E-state index contributed by atoms with van der Waals surface area (Å²) in [7, 11) is 0. The Labute approximate surface area is 91.4 Å². The second-order valence-electron chi connectivity index (χ2n) is 5.08. The lowest BCUT2D eigenvalue weighted by atomic mass is 9.95. The van der Waals surface area contributed by atoms with Crippen molar-refractivity contribution in [3.63, 3.8) is 0 Å². The lowest BCUT2D eigenvalue weighted by molar-refractivity contribution is 0.187. The van der Waals surface area contributed by atoms with Gasteiger partial charge >= 0.3 is 6.03 Å². The minimum absolute atomic E-state index is 0.104. The number of rotatable bonds is 1. The first-order valence-electron chi connectivity index (χ1n) is 5.87. The molecule has 86 valence electrons. The van der Waals surface area contributed by atoms with E-state index in [-0.39, 0.29) is 12.1 Å². The van der Waals surface area contributed by atoms with E-state index in [0.717, 1.165) is 19.6 Å². The van der Waals surface area contributed by atoms with Crippen LogP contribution in [0.25, 0.3) is 0 Å². The topological polar surface area (TPSA) is 44.4 Å². The van der Waals surface area contributed by atoms with Crippen molar-refractivity contribution in [1.82, 2.24) is 15.5 Å². The van der Waals surface area contributed by atoms with Crippen molar-refractivity contribution in [1.29, 1.82) is 0 Å². The highest BCUT2D eigenvalue weighted by atomic mass is 16.2. The molecule has 3 unspecified atom stereocenters. The molecule has 2 saturated heterocycles. The number of nitrogens with one attached hydrogen (secondary N) is 2. The van der Waals surface area contributed by atoms with Crippen molar-refractivity contribution in [3.05, 3.63) is 0 Å². The number of nitrogens with zero attached hydrogens (tertiary/aromatic N) is 1. The first-order chi connectivity index (χ1) is 7.09. The smallest absolute Gasteiger partial charge is 0.317 e. The Hall–Kier alpha value is -0.770. The van der Waals surface area contributed by atoms with Gasteiger partial charge in [-0.1, -0.05) is 0 Å². The Morgan fingerprint density at radius 2 is 2.20 bits per heavy atom. The van der Waals surface area contributed by atoms with Crippen LogP contribution in [-0.2, 0) is 0 Å². The standard InChI is InChI=1S/C11H21N3O/c1-7(2)13-11(15)14-6-9-4-12-5-10(9)8(14)3/h7-10,12H,4-6H2,1-3H3,(H,13,15). The molecule has 0 aliphatic carbocycles. The third kappa shape index (κ3) is 1.95. The van der Waals surface area contributed by atoms with E-state index in [2.05, 4.69) is 17.6 Å².